The molecule has 0 aliphatic carbocycles. The van der Waals surface area contributed by atoms with Gasteiger partial charge < -0.3 is 9.57 Å². The molecule has 0 heterocycles. The van der Waals surface area contributed by atoms with Gasteiger partial charge in [-0.15, -0.1) is 0 Å². The van der Waals surface area contributed by atoms with Crippen molar-refractivity contribution in [3.05, 3.63) is 34.7 Å². The van der Waals surface area contributed by atoms with Crippen LogP contribution in [0.25, 0.3) is 10.4 Å². The van der Waals surface area contributed by atoms with Crippen molar-refractivity contribution in [2.45, 2.75) is 13.3 Å². The molecule has 74 valence electrons. The third-order valence-electron chi connectivity index (χ3n) is 1.48. The second kappa shape index (κ2) is 5.72. The van der Waals surface area contributed by atoms with Gasteiger partial charge in [0.25, 0.3) is 0 Å². The molecule has 1 aromatic carbocycles. The van der Waals surface area contributed by atoms with Gasteiger partial charge in [0.05, 0.1) is 6.61 Å². The Kier molecular flexibility index (Phi) is 4.17. The predicted molar refractivity (Wildman–Crippen MR) is 52.0 cm³/mol. The fourth-order valence-electron chi connectivity index (χ4n) is 0.882. The van der Waals surface area contributed by atoms with Gasteiger partial charge in [-0.05, 0) is 36.2 Å². The van der Waals surface area contributed by atoms with Gasteiger partial charge in [0, 0.05) is 4.91 Å². The molecule has 5 nitrogen and oxygen atoms in total. The van der Waals surface area contributed by atoms with Crippen molar-refractivity contribution in [3.8, 4) is 11.5 Å². The average molecular weight is 193 g/mol. The Bertz CT molecular complexity index is 317. The summed E-state index contributed by atoms with van der Waals surface area (Å²) in [5.74, 6) is 1.27. The molecular formula is C9H11N3O2. The van der Waals surface area contributed by atoms with Crippen LogP contribution < -0.4 is 9.57 Å². The van der Waals surface area contributed by atoms with Crippen LogP contribution in [0.3, 0.4) is 0 Å². The van der Waals surface area contributed by atoms with Crippen molar-refractivity contribution < 1.29 is 9.57 Å². The summed E-state index contributed by atoms with van der Waals surface area (Å²) in [4.78, 5) is 7.14. The lowest BCUT2D eigenvalue weighted by Crippen LogP contribution is -1.94. The van der Waals surface area contributed by atoms with E-state index in [0.29, 0.717) is 12.4 Å². The summed E-state index contributed by atoms with van der Waals surface area (Å²) in [7, 11) is 0. The molecule has 0 saturated carbocycles. The SMILES string of the molecule is CCCOc1ccc(ON=[N+]=[N-])cc1. The predicted octanol–water partition coefficient (Wildman–Crippen LogP) is 3.08. The van der Waals surface area contributed by atoms with Crippen molar-refractivity contribution in [1.29, 1.82) is 0 Å². The number of nitrogens with zero attached hydrogens (tertiary/aromatic N) is 3. The van der Waals surface area contributed by atoms with E-state index < -0.39 is 0 Å². The largest absolute Gasteiger partial charge is 0.494 e. The maximum absolute atomic E-state index is 8.01. The zero-order valence-corrected chi connectivity index (χ0v) is 7.88. The molecule has 1 rings (SSSR count). The van der Waals surface area contributed by atoms with Crippen LogP contribution >= 0.6 is 0 Å². The monoisotopic (exact) mass is 193 g/mol. The quantitative estimate of drug-likeness (QED) is 0.312. The molecule has 0 atom stereocenters. The second-order valence-electron chi connectivity index (χ2n) is 2.58. The molecule has 0 N–H and O–H groups in total. The Labute approximate surface area is 81.8 Å². The van der Waals surface area contributed by atoms with Crippen LogP contribution in [0, 0.1) is 0 Å². The number of azide groups is 1. The van der Waals surface area contributed by atoms with E-state index in [-0.39, 0.29) is 0 Å². The number of ether oxygens (including phenoxy) is 1. The summed E-state index contributed by atoms with van der Waals surface area (Å²) in [6.07, 6.45) is 0.969. The molecular weight excluding hydrogens is 182 g/mol. The van der Waals surface area contributed by atoms with E-state index in [1.807, 2.05) is 6.92 Å². The molecule has 0 amide bonds. The molecule has 0 aromatic heterocycles. The summed E-state index contributed by atoms with van der Waals surface area (Å²) in [5, 5.41) is 2.97. The van der Waals surface area contributed by atoms with E-state index in [4.69, 9.17) is 10.3 Å². The smallest absolute Gasteiger partial charge is 0.137 e. The van der Waals surface area contributed by atoms with Gasteiger partial charge in [0.2, 0.25) is 0 Å². The van der Waals surface area contributed by atoms with Crippen molar-refractivity contribution >= 4 is 0 Å². The lowest BCUT2D eigenvalue weighted by atomic mass is 10.3. The fourth-order valence-corrected chi connectivity index (χ4v) is 0.882. The lowest BCUT2D eigenvalue weighted by molar-refractivity contribution is 0.313. The van der Waals surface area contributed by atoms with E-state index in [9.17, 15) is 0 Å². The van der Waals surface area contributed by atoms with Gasteiger partial charge in [-0.2, -0.15) is 0 Å². The van der Waals surface area contributed by atoms with Gasteiger partial charge in [0.1, 0.15) is 16.8 Å². The first-order chi connectivity index (χ1) is 6.86. The first-order valence-corrected chi connectivity index (χ1v) is 4.31. The molecule has 0 radical (unpaired) electrons. The normalized spacial score (nSPS) is 8.93. The van der Waals surface area contributed by atoms with E-state index in [1.165, 1.54) is 0 Å². The highest BCUT2D eigenvalue weighted by Crippen LogP contribution is 2.17. The van der Waals surface area contributed by atoms with Crippen molar-refractivity contribution in [2.24, 2.45) is 5.28 Å². The van der Waals surface area contributed by atoms with Crippen LogP contribution in [-0.2, 0) is 0 Å². The highest BCUT2D eigenvalue weighted by molar-refractivity contribution is 5.30. The molecule has 0 fully saturated rings. The summed E-state index contributed by atoms with van der Waals surface area (Å²) < 4.78 is 5.36. The standard InChI is InChI=1S/C9H11N3O2/c1-2-7-13-8-3-5-9(6-4-8)14-12-11-10/h3-6H,2,7H2,1H3. The van der Waals surface area contributed by atoms with Crippen LogP contribution in [0.1, 0.15) is 13.3 Å². The van der Waals surface area contributed by atoms with Crippen LogP contribution in [0.2, 0.25) is 0 Å². The number of hydrogen-bond donors (Lipinski definition) is 0. The molecule has 0 aliphatic rings. The minimum Gasteiger partial charge on any atom is -0.494 e. The van der Waals surface area contributed by atoms with E-state index >= 15 is 0 Å². The van der Waals surface area contributed by atoms with Crippen LogP contribution in [-0.4, -0.2) is 6.61 Å². The summed E-state index contributed by atoms with van der Waals surface area (Å²) >= 11 is 0. The summed E-state index contributed by atoms with van der Waals surface area (Å²) in [6.45, 7) is 2.73. The van der Waals surface area contributed by atoms with E-state index in [2.05, 4.69) is 15.0 Å². The molecule has 0 saturated heterocycles. The van der Waals surface area contributed by atoms with Crippen molar-refractivity contribution in [1.82, 2.24) is 0 Å². The molecule has 14 heavy (non-hydrogen) atoms. The van der Waals surface area contributed by atoms with Gasteiger partial charge in [0.15, 0.2) is 0 Å². The highest BCUT2D eigenvalue weighted by atomic mass is 16.6. The summed E-state index contributed by atoms with van der Waals surface area (Å²) in [5.41, 5.74) is 8.01. The minimum atomic E-state index is 0.492. The molecule has 0 aliphatic heterocycles. The topological polar surface area (TPSA) is 67.2 Å². The zero-order valence-electron chi connectivity index (χ0n) is 7.88. The van der Waals surface area contributed by atoms with E-state index in [0.717, 1.165) is 12.2 Å². The fraction of sp³-hybridized carbons (Fsp3) is 0.333. The maximum atomic E-state index is 8.01. The van der Waals surface area contributed by atoms with Crippen molar-refractivity contribution in [3.63, 3.8) is 0 Å². The van der Waals surface area contributed by atoms with Gasteiger partial charge in [-0.1, -0.05) is 6.92 Å². The van der Waals surface area contributed by atoms with E-state index in [1.54, 1.807) is 24.3 Å². The molecule has 0 bridgehead atoms. The van der Waals surface area contributed by atoms with Gasteiger partial charge in [-0.25, -0.2) is 0 Å². The molecule has 5 heteroatoms. The Morgan fingerprint density at radius 2 is 1.93 bits per heavy atom. The maximum Gasteiger partial charge on any atom is 0.137 e. The summed E-state index contributed by atoms with van der Waals surface area (Å²) in [6, 6.07) is 6.88. The van der Waals surface area contributed by atoms with Gasteiger partial charge in [-0.3, -0.25) is 0 Å². The van der Waals surface area contributed by atoms with Crippen LogP contribution in [0.4, 0.5) is 0 Å². The first kappa shape index (κ1) is 10.2. The Hall–Kier alpha value is -1.87. The molecule has 0 spiro atoms. The first-order valence-electron chi connectivity index (χ1n) is 4.31. The van der Waals surface area contributed by atoms with Crippen LogP contribution in [0.15, 0.2) is 29.5 Å². The second-order valence-corrected chi connectivity index (χ2v) is 2.58. The molecule has 1 aromatic rings. The van der Waals surface area contributed by atoms with Gasteiger partial charge >= 0.3 is 0 Å². The number of rotatable bonds is 5. The average Bonchev–Trinajstić information content (AvgIpc) is 2.25. The Morgan fingerprint density at radius 3 is 2.50 bits per heavy atom. The minimum absolute atomic E-state index is 0.492. The highest BCUT2D eigenvalue weighted by Gasteiger charge is 1.94. The Morgan fingerprint density at radius 1 is 1.29 bits per heavy atom. The van der Waals surface area contributed by atoms with Crippen molar-refractivity contribution in [2.75, 3.05) is 6.61 Å². The number of hydrogen-bond acceptors (Lipinski definition) is 3. The van der Waals surface area contributed by atoms with Crippen LogP contribution in [0.5, 0.6) is 11.5 Å². The zero-order chi connectivity index (χ0) is 10.2. The molecule has 0 unspecified atom stereocenters. The third kappa shape index (κ3) is 3.25. The Balaban J connectivity index is 2.54. The third-order valence-corrected chi connectivity index (χ3v) is 1.48. The lowest BCUT2D eigenvalue weighted by Gasteiger charge is -2.04. The number of benzene rings is 1.